The standard InChI is InChI=1S/C34H30ClN3O5S/c1-18-15-24-31(28(19-9-11-21(35)12-10-19)27(18)30(33(40)41)43-34(2,3)4)44-32(37-24)20-13-14-36-23(16-20)22-7-6-8-25-29(22)42-17-26(39)38(25)5/h6-16,30H,17H2,1-5H3,(H,40,41)/t30-/m0/s1. The number of carbonyl (C=O) groups excluding carboxylic acids is 1. The summed E-state index contributed by atoms with van der Waals surface area (Å²) in [5, 5.41) is 11.7. The van der Waals surface area contributed by atoms with Crippen LogP contribution in [0.4, 0.5) is 5.69 Å². The molecule has 1 aliphatic heterocycles. The molecule has 3 heterocycles. The molecule has 1 aliphatic rings. The Kier molecular flexibility index (Phi) is 7.65. The lowest BCUT2D eigenvalue weighted by atomic mass is 9.91. The molecule has 1 atom stereocenters. The number of pyridine rings is 1. The number of nitrogens with zero attached hydrogens (tertiary/aromatic N) is 3. The van der Waals surface area contributed by atoms with Crippen LogP contribution in [0.5, 0.6) is 5.75 Å². The van der Waals surface area contributed by atoms with Crippen LogP contribution in [-0.4, -0.2) is 46.2 Å². The summed E-state index contributed by atoms with van der Waals surface area (Å²) in [6.07, 6.45) is 0.528. The van der Waals surface area contributed by atoms with Crippen molar-refractivity contribution in [2.75, 3.05) is 18.6 Å². The SMILES string of the molecule is Cc1cc2nc(-c3ccnc(-c4cccc5c4OCC(=O)N5C)c3)sc2c(-c2ccc(Cl)cc2)c1[C@H](OC(C)(C)C)C(=O)O. The Bertz CT molecular complexity index is 1930. The molecule has 8 nitrogen and oxygen atoms in total. The Morgan fingerprint density at radius 1 is 1.11 bits per heavy atom. The van der Waals surface area contributed by atoms with E-state index in [0.29, 0.717) is 27.7 Å². The predicted molar refractivity (Wildman–Crippen MR) is 174 cm³/mol. The van der Waals surface area contributed by atoms with Gasteiger partial charge in [-0.2, -0.15) is 0 Å². The third-order valence-electron chi connectivity index (χ3n) is 7.37. The molecule has 0 radical (unpaired) electrons. The summed E-state index contributed by atoms with van der Waals surface area (Å²) < 4.78 is 12.8. The number of aromatic nitrogens is 2. The molecule has 3 aromatic carbocycles. The first kappa shape index (κ1) is 29.7. The number of halogens is 1. The number of hydrogen-bond acceptors (Lipinski definition) is 7. The number of aryl methyl sites for hydroxylation is 1. The number of carboxylic acids is 1. The van der Waals surface area contributed by atoms with E-state index in [1.165, 1.54) is 11.3 Å². The first-order chi connectivity index (χ1) is 20.9. The van der Waals surface area contributed by atoms with Crippen molar-refractivity contribution in [2.45, 2.75) is 39.4 Å². The molecule has 1 amide bonds. The van der Waals surface area contributed by atoms with Crippen molar-refractivity contribution in [3.8, 4) is 38.7 Å². The average molecular weight is 628 g/mol. The smallest absolute Gasteiger partial charge is 0.337 e. The van der Waals surface area contributed by atoms with E-state index >= 15 is 0 Å². The van der Waals surface area contributed by atoms with Gasteiger partial charge in [-0.05, 0) is 81.3 Å². The topological polar surface area (TPSA) is 102 Å². The summed E-state index contributed by atoms with van der Waals surface area (Å²) in [5.74, 6) is -0.579. The van der Waals surface area contributed by atoms with Crippen LogP contribution in [0.3, 0.4) is 0 Å². The molecule has 0 fully saturated rings. The summed E-state index contributed by atoms with van der Waals surface area (Å²) in [5.41, 5.74) is 5.95. The van der Waals surface area contributed by atoms with Crippen LogP contribution in [0, 0.1) is 6.92 Å². The molecule has 0 unspecified atom stereocenters. The lowest BCUT2D eigenvalue weighted by molar-refractivity contribution is -0.160. The summed E-state index contributed by atoms with van der Waals surface area (Å²) in [6.45, 7) is 7.38. The van der Waals surface area contributed by atoms with Crippen LogP contribution in [-0.2, 0) is 14.3 Å². The number of carbonyl (C=O) groups is 2. The van der Waals surface area contributed by atoms with Crippen LogP contribution < -0.4 is 9.64 Å². The Hall–Kier alpha value is -4.31. The molecule has 0 saturated heterocycles. The van der Waals surface area contributed by atoms with Gasteiger partial charge < -0.3 is 19.5 Å². The van der Waals surface area contributed by atoms with Crippen LogP contribution >= 0.6 is 22.9 Å². The van der Waals surface area contributed by atoms with Crippen molar-refractivity contribution in [1.29, 1.82) is 0 Å². The van der Waals surface area contributed by atoms with Crippen molar-refractivity contribution >= 4 is 50.7 Å². The second kappa shape index (κ2) is 11.3. The maximum absolute atomic E-state index is 12.6. The molecule has 1 N–H and O–H groups in total. The maximum atomic E-state index is 12.6. The van der Waals surface area contributed by atoms with Crippen LogP contribution in [0.25, 0.3) is 43.2 Å². The number of para-hydroxylation sites is 1. The van der Waals surface area contributed by atoms with Gasteiger partial charge >= 0.3 is 5.97 Å². The number of fused-ring (bicyclic) bond motifs is 2. The van der Waals surface area contributed by atoms with E-state index in [9.17, 15) is 14.7 Å². The van der Waals surface area contributed by atoms with E-state index in [4.69, 9.17) is 26.1 Å². The van der Waals surface area contributed by atoms with Crippen molar-refractivity contribution in [2.24, 2.45) is 0 Å². The largest absolute Gasteiger partial charge is 0.481 e. The zero-order valence-corrected chi connectivity index (χ0v) is 26.4. The first-order valence-corrected chi connectivity index (χ1v) is 15.2. The monoisotopic (exact) mass is 627 g/mol. The highest BCUT2D eigenvalue weighted by Gasteiger charge is 2.32. The minimum atomic E-state index is -1.20. The molecule has 6 rings (SSSR count). The molecule has 10 heteroatoms. The number of rotatable bonds is 6. The lowest BCUT2D eigenvalue weighted by Gasteiger charge is -2.28. The molecule has 44 heavy (non-hydrogen) atoms. The Labute approximate surface area is 263 Å². The Morgan fingerprint density at radius 2 is 1.86 bits per heavy atom. The second-order valence-corrected chi connectivity index (χ2v) is 13.1. The molecular weight excluding hydrogens is 598 g/mol. The van der Waals surface area contributed by atoms with Crippen molar-refractivity contribution in [1.82, 2.24) is 9.97 Å². The molecule has 0 aliphatic carbocycles. The molecule has 0 bridgehead atoms. The molecule has 0 spiro atoms. The highest BCUT2D eigenvalue weighted by atomic mass is 35.5. The van der Waals surface area contributed by atoms with Crippen LogP contribution in [0.2, 0.25) is 5.02 Å². The summed E-state index contributed by atoms with van der Waals surface area (Å²) >= 11 is 7.71. The maximum Gasteiger partial charge on any atom is 0.337 e. The van der Waals surface area contributed by atoms with Gasteiger partial charge in [0, 0.05) is 40.5 Å². The number of ether oxygens (including phenoxy) is 2. The number of benzene rings is 3. The molecule has 224 valence electrons. The van der Waals surface area contributed by atoms with Crippen LogP contribution in [0.1, 0.15) is 38.0 Å². The highest BCUT2D eigenvalue weighted by Crippen LogP contribution is 2.45. The van der Waals surface area contributed by atoms with Gasteiger partial charge in [0.1, 0.15) is 5.01 Å². The van der Waals surface area contributed by atoms with Crippen molar-refractivity contribution < 1.29 is 24.2 Å². The lowest BCUT2D eigenvalue weighted by Crippen LogP contribution is -2.35. The number of anilines is 1. The van der Waals surface area contributed by atoms with Gasteiger partial charge in [0.25, 0.3) is 5.91 Å². The number of carboxylic acid groups (broad SMARTS) is 1. The van der Waals surface area contributed by atoms with Gasteiger partial charge in [-0.25, -0.2) is 9.78 Å². The van der Waals surface area contributed by atoms with Gasteiger partial charge in [-0.3, -0.25) is 9.78 Å². The number of likely N-dealkylation sites (N-methyl/N-ethyl adjacent to an activating group) is 1. The normalized spacial score (nSPS) is 14.0. The van der Waals surface area contributed by atoms with Gasteiger partial charge in [-0.15, -0.1) is 11.3 Å². The fraction of sp³-hybridized carbons (Fsp3) is 0.235. The van der Waals surface area contributed by atoms with E-state index in [-0.39, 0.29) is 12.5 Å². The molecule has 5 aromatic rings. The summed E-state index contributed by atoms with van der Waals surface area (Å²) in [6, 6.07) is 18.8. The fourth-order valence-electron chi connectivity index (χ4n) is 5.38. The number of hydrogen-bond donors (Lipinski definition) is 1. The Morgan fingerprint density at radius 3 is 2.57 bits per heavy atom. The van der Waals surface area contributed by atoms with Gasteiger partial charge in [0.2, 0.25) is 0 Å². The molecule has 0 saturated carbocycles. The van der Waals surface area contributed by atoms with Gasteiger partial charge in [0.05, 0.1) is 27.2 Å². The summed E-state index contributed by atoms with van der Waals surface area (Å²) in [7, 11) is 1.73. The molecular formula is C34H30ClN3O5S. The average Bonchev–Trinajstić information content (AvgIpc) is 3.41. The first-order valence-electron chi connectivity index (χ1n) is 14.0. The van der Waals surface area contributed by atoms with E-state index in [2.05, 4.69) is 4.98 Å². The third kappa shape index (κ3) is 5.54. The minimum Gasteiger partial charge on any atom is -0.481 e. The number of aliphatic carboxylic acids is 1. The quantitative estimate of drug-likeness (QED) is 0.204. The fourth-order valence-corrected chi connectivity index (χ4v) is 6.63. The predicted octanol–water partition coefficient (Wildman–Crippen LogP) is 7.95. The molecule has 2 aromatic heterocycles. The number of amides is 1. The van der Waals surface area contributed by atoms with Crippen molar-refractivity contribution in [3.05, 3.63) is 83.0 Å². The second-order valence-electron chi connectivity index (χ2n) is 11.6. The van der Waals surface area contributed by atoms with Crippen molar-refractivity contribution in [3.63, 3.8) is 0 Å². The highest BCUT2D eigenvalue weighted by molar-refractivity contribution is 7.22. The van der Waals surface area contributed by atoms with Gasteiger partial charge in [0.15, 0.2) is 18.5 Å². The minimum absolute atomic E-state index is 0.0382. The zero-order valence-electron chi connectivity index (χ0n) is 24.8. The van der Waals surface area contributed by atoms with E-state index in [0.717, 1.165) is 43.0 Å². The number of thiazole rings is 1. The summed E-state index contributed by atoms with van der Waals surface area (Å²) in [4.78, 5) is 36.1. The van der Waals surface area contributed by atoms with Crippen LogP contribution in [0.15, 0.2) is 66.9 Å². The Balaban J connectivity index is 1.53. The van der Waals surface area contributed by atoms with E-state index in [1.807, 2.05) is 76.2 Å². The van der Waals surface area contributed by atoms with E-state index < -0.39 is 17.7 Å². The zero-order chi connectivity index (χ0) is 31.3. The third-order valence-corrected chi connectivity index (χ3v) is 8.76. The van der Waals surface area contributed by atoms with Gasteiger partial charge in [-0.1, -0.05) is 29.8 Å². The van der Waals surface area contributed by atoms with E-state index in [1.54, 1.807) is 30.3 Å².